The molecule has 2 heterocycles. The number of amides is 1. The number of carbonyl (C=O) groups excluding carboxylic acids is 1. The third-order valence-electron chi connectivity index (χ3n) is 4.45. The van der Waals surface area contributed by atoms with Gasteiger partial charge in [0.25, 0.3) is 0 Å². The minimum atomic E-state index is -3.06. The molecule has 1 fully saturated rings. The number of nitrogens with zero attached hydrogens (tertiary/aromatic N) is 3. The standard InChI is InChI=1S/C15H26N4O4S2/c1-4-7-18-14(21)16-17-15(18)24-9-13(20)19(11(3)5-2)12-6-8-25(22,23)10-12/h11-12H,4-10H2,1-3H3,(H,16,21)/t11-,12+/m0/s1. The summed E-state index contributed by atoms with van der Waals surface area (Å²) in [7, 11) is -3.06. The third-order valence-corrected chi connectivity index (χ3v) is 7.16. The van der Waals surface area contributed by atoms with Crippen molar-refractivity contribution in [1.82, 2.24) is 19.7 Å². The fraction of sp³-hybridized carbons (Fsp3) is 0.800. The molecular weight excluding hydrogens is 364 g/mol. The molecule has 1 aromatic heterocycles. The number of nitrogens with one attached hydrogen (secondary N) is 1. The number of sulfone groups is 1. The first kappa shape index (κ1) is 20.0. The lowest BCUT2D eigenvalue weighted by Crippen LogP contribution is -2.47. The van der Waals surface area contributed by atoms with E-state index >= 15 is 0 Å². The molecule has 25 heavy (non-hydrogen) atoms. The molecule has 10 heteroatoms. The Hall–Kier alpha value is -1.29. The van der Waals surface area contributed by atoms with Crippen molar-refractivity contribution >= 4 is 27.5 Å². The van der Waals surface area contributed by atoms with Crippen molar-refractivity contribution in [3.05, 3.63) is 10.5 Å². The Bertz CT molecular complexity index is 756. The summed E-state index contributed by atoms with van der Waals surface area (Å²) in [6, 6.07) is -0.284. The molecule has 1 aliphatic rings. The summed E-state index contributed by atoms with van der Waals surface area (Å²) in [5, 5.41) is 6.87. The highest BCUT2D eigenvalue weighted by molar-refractivity contribution is 7.99. The molecule has 0 spiro atoms. The average molecular weight is 391 g/mol. The Kier molecular flexibility index (Phi) is 6.72. The first-order chi connectivity index (χ1) is 11.8. The smallest absolute Gasteiger partial charge is 0.335 e. The van der Waals surface area contributed by atoms with Gasteiger partial charge in [-0.25, -0.2) is 18.3 Å². The van der Waals surface area contributed by atoms with E-state index in [0.717, 1.165) is 12.8 Å². The second kappa shape index (κ2) is 8.39. The summed E-state index contributed by atoms with van der Waals surface area (Å²) in [5.41, 5.74) is -0.280. The van der Waals surface area contributed by atoms with Gasteiger partial charge in [-0.05, 0) is 26.2 Å². The Morgan fingerprint density at radius 2 is 2.20 bits per heavy atom. The zero-order valence-electron chi connectivity index (χ0n) is 14.9. The molecule has 1 aromatic rings. The van der Waals surface area contributed by atoms with Crippen LogP contribution < -0.4 is 5.69 Å². The van der Waals surface area contributed by atoms with Gasteiger partial charge >= 0.3 is 5.69 Å². The number of aromatic amines is 1. The zero-order valence-corrected chi connectivity index (χ0v) is 16.5. The molecule has 0 saturated carbocycles. The summed E-state index contributed by atoms with van der Waals surface area (Å²) in [4.78, 5) is 26.2. The molecule has 0 radical (unpaired) electrons. The lowest BCUT2D eigenvalue weighted by molar-refractivity contribution is -0.132. The molecule has 2 rings (SSSR count). The highest BCUT2D eigenvalue weighted by atomic mass is 32.2. The van der Waals surface area contributed by atoms with Gasteiger partial charge in [-0.15, -0.1) is 5.10 Å². The van der Waals surface area contributed by atoms with E-state index in [-0.39, 0.29) is 40.9 Å². The molecule has 0 aliphatic carbocycles. The molecule has 1 saturated heterocycles. The SMILES string of the molecule is CCCn1c(SCC(=O)N([C@@H]2CCS(=O)(=O)C2)[C@@H](C)CC)n[nH]c1=O. The first-order valence-corrected chi connectivity index (χ1v) is 11.4. The van der Waals surface area contributed by atoms with E-state index in [2.05, 4.69) is 10.2 Å². The van der Waals surface area contributed by atoms with E-state index in [0.29, 0.717) is 18.1 Å². The van der Waals surface area contributed by atoms with Crippen LogP contribution in [0, 0.1) is 0 Å². The summed E-state index contributed by atoms with van der Waals surface area (Å²) >= 11 is 1.21. The summed E-state index contributed by atoms with van der Waals surface area (Å²) in [6.07, 6.45) is 2.04. The highest BCUT2D eigenvalue weighted by Gasteiger charge is 2.36. The molecule has 142 valence electrons. The van der Waals surface area contributed by atoms with Crippen molar-refractivity contribution in [1.29, 1.82) is 0 Å². The molecule has 0 aromatic carbocycles. The van der Waals surface area contributed by atoms with Gasteiger partial charge in [0, 0.05) is 18.6 Å². The van der Waals surface area contributed by atoms with Gasteiger partial charge in [0.2, 0.25) is 5.91 Å². The van der Waals surface area contributed by atoms with Crippen LogP contribution in [0.4, 0.5) is 0 Å². The monoisotopic (exact) mass is 390 g/mol. The number of thioether (sulfide) groups is 1. The van der Waals surface area contributed by atoms with Crippen molar-refractivity contribution in [2.75, 3.05) is 17.3 Å². The van der Waals surface area contributed by atoms with Crippen molar-refractivity contribution in [2.45, 2.75) is 63.8 Å². The van der Waals surface area contributed by atoms with Crippen LogP contribution in [0.25, 0.3) is 0 Å². The van der Waals surface area contributed by atoms with Crippen molar-refractivity contribution in [2.24, 2.45) is 0 Å². The van der Waals surface area contributed by atoms with Gasteiger partial charge in [-0.2, -0.15) is 0 Å². The van der Waals surface area contributed by atoms with E-state index in [1.807, 2.05) is 20.8 Å². The molecule has 1 aliphatic heterocycles. The summed E-state index contributed by atoms with van der Waals surface area (Å²) < 4.78 is 25.1. The number of H-pyrrole nitrogens is 1. The second-order valence-electron chi connectivity index (χ2n) is 6.37. The van der Waals surface area contributed by atoms with Crippen LogP contribution in [0.1, 0.15) is 40.0 Å². The van der Waals surface area contributed by atoms with E-state index in [4.69, 9.17) is 0 Å². The Labute approximate surface area is 152 Å². The van der Waals surface area contributed by atoms with Crippen molar-refractivity contribution in [3.63, 3.8) is 0 Å². The third kappa shape index (κ3) is 4.87. The van der Waals surface area contributed by atoms with Crippen LogP contribution in [-0.2, 0) is 21.2 Å². The maximum absolute atomic E-state index is 12.8. The average Bonchev–Trinajstić information content (AvgIpc) is 3.09. The first-order valence-electron chi connectivity index (χ1n) is 8.58. The Morgan fingerprint density at radius 1 is 1.48 bits per heavy atom. The van der Waals surface area contributed by atoms with Gasteiger partial charge in [0.1, 0.15) is 0 Å². The van der Waals surface area contributed by atoms with Crippen LogP contribution in [0.3, 0.4) is 0 Å². The molecule has 2 atom stereocenters. The topological polar surface area (TPSA) is 105 Å². The molecular formula is C15H26N4O4S2. The number of hydrogen-bond donors (Lipinski definition) is 1. The van der Waals surface area contributed by atoms with Crippen LogP contribution in [0.5, 0.6) is 0 Å². The highest BCUT2D eigenvalue weighted by Crippen LogP contribution is 2.23. The van der Waals surface area contributed by atoms with Gasteiger partial charge in [0.05, 0.1) is 17.3 Å². The van der Waals surface area contributed by atoms with Gasteiger partial charge in [0.15, 0.2) is 15.0 Å². The maximum Gasteiger partial charge on any atom is 0.343 e. The van der Waals surface area contributed by atoms with Gasteiger partial charge < -0.3 is 4.90 Å². The minimum Gasteiger partial charge on any atom is -0.335 e. The van der Waals surface area contributed by atoms with E-state index in [1.54, 1.807) is 4.90 Å². The minimum absolute atomic E-state index is 0.0246. The van der Waals surface area contributed by atoms with Crippen LogP contribution in [0.2, 0.25) is 0 Å². The fourth-order valence-corrected chi connectivity index (χ4v) is 5.59. The van der Waals surface area contributed by atoms with E-state index < -0.39 is 9.84 Å². The normalized spacial score (nSPS) is 20.5. The van der Waals surface area contributed by atoms with E-state index in [9.17, 15) is 18.0 Å². The number of carbonyl (C=O) groups is 1. The van der Waals surface area contributed by atoms with Gasteiger partial charge in [-0.1, -0.05) is 25.6 Å². The predicted octanol–water partition coefficient (Wildman–Crippen LogP) is 0.888. The lowest BCUT2D eigenvalue weighted by Gasteiger charge is -2.33. The largest absolute Gasteiger partial charge is 0.343 e. The number of rotatable bonds is 8. The molecule has 0 bridgehead atoms. The Balaban J connectivity index is 2.09. The fourth-order valence-electron chi connectivity index (χ4n) is 3.04. The molecule has 1 N–H and O–H groups in total. The van der Waals surface area contributed by atoms with Crippen LogP contribution >= 0.6 is 11.8 Å². The van der Waals surface area contributed by atoms with Crippen molar-refractivity contribution < 1.29 is 13.2 Å². The second-order valence-corrected chi connectivity index (χ2v) is 9.54. The van der Waals surface area contributed by atoms with Gasteiger partial charge in [-0.3, -0.25) is 9.36 Å². The molecule has 8 nitrogen and oxygen atoms in total. The summed E-state index contributed by atoms with van der Waals surface area (Å²) in [5.74, 6) is 0.200. The van der Waals surface area contributed by atoms with Crippen LogP contribution in [-0.4, -0.2) is 63.3 Å². The van der Waals surface area contributed by atoms with E-state index in [1.165, 1.54) is 16.3 Å². The Morgan fingerprint density at radius 3 is 2.76 bits per heavy atom. The predicted molar refractivity (Wildman–Crippen MR) is 97.5 cm³/mol. The quantitative estimate of drug-likeness (QED) is 0.661. The maximum atomic E-state index is 12.8. The summed E-state index contributed by atoms with van der Waals surface area (Å²) in [6.45, 7) is 6.43. The molecule has 0 unspecified atom stereocenters. The zero-order chi connectivity index (χ0) is 18.6. The lowest BCUT2D eigenvalue weighted by atomic mass is 10.1. The number of hydrogen-bond acceptors (Lipinski definition) is 6. The number of aromatic nitrogens is 3. The van der Waals surface area contributed by atoms with Crippen LogP contribution in [0.15, 0.2) is 9.95 Å². The molecule has 1 amide bonds. The van der Waals surface area contributed by atoms with Crippen molar-refractivity contribution in [3.8, 4) is 0 Å².